The number of fused-ring (bicyclic) bond motifs is 1. The predicted molar refractivity (Wildman–Crippen MR) is 166 cm³/mol. The van der Waals surface area contributed by atoms with Gasteiger partial charge in [-0.1, -0.05) is 0 Å². The van der Waals surface area contributed by atoms with Crippen LogP contribution in [0.4, 0.5) is 35.2 Å². The number of imidazole rings is 1. The summed E-state index contributed by atoms with van der Waals surface area (Å²) in [4.78, 5) is 46.6. The molecule has 4 heterocycles. The summed E-state index contributed by atoms with van der Waals surface area (Å²) in [6.45, 7) is 0.827. The van der Waals surface area contributed by atoms with Crippen LogP contribution in [0, 0.1) is 0 Å². The van der Waals surface area contributed by atoms with Gasteiger partial charge in [-0.2, -0.15) is 13.2 Å². The quantitative estimate of drug-likeness (QED) is 0.160. The molecule has 2 aromatic carbocycles. The Morgan fingerprint density at radius 1 is 1.00 bits per heavy atom. The van der Waals surface area contributed by atoms with E-state index in [1.54, 1.807) is 30.3 Å². The van der Waals surface area contributed by atoms with E-state index in [9.17, 15) is 22.8 Å². The van der Waals surface area contributed by atoms with Crippen molar-refractivity contribution in [3.05, 3.63) is 84.7 Å². The number of hydrogen-bond acceptors (Lipinski definition) is 9. The second-order valence-corrected chi connectivity index (χ2v) is 10.5. The first-order valence-electron chi connectivity index (χ1n) is 14.5. The van der Waals surface area contributed by atoms with Gasteiger partial charge in [0, 0.05) is 31.5 Å². The fourth-order valence-electron chi connectivity index (χ4n) is 5.13. The number of alkyl halides is 3. The lowest BCUT2D eigenvalue weighted by atomic mass is 10.1. The molecule has 1 fully saturated rings. The Kier molecular flexibility index (Phi) is 8.73. The summed E-state index contributed by atoms with van der Waals surface area (Å²) in [5.74, 6) is 1.16. The van der Waals surface area contributed by atoms with Crippen molar-refractivity contribution < 1.29 is 32.2 Å². The Bertz CT molecular complexity index is 1900. The molecule has 5 aromatic rings. The van der Waals surface area contributed by atoms with Gasteiger partial charge in [0.15, 0.2) is 11.5 Å². The minimum atomic E-state index is -4.64. The zero-order chi connectivity index (χ0) is 33.0. The molecule has 0 saturated carbocycles. The average Bonchev–Trinajstić information content (AvgIpc) is 3.74. The maximum atomic E-state index is 13.6. The Morgan fingerprint density at radius 3 is 2.62 bits per heavy atom. The highest BCUT2D eigenvalue weighted by Crippen LogP contribution is 2.36. The van der Waals surface area contributed by atoms with E-state index < -0.39 is 17.8 Å². The van der Waals surface area contributed by atoms with Gasteiger partial charge in [0.25, 0.3) is 5.91 Å². The summed E-state index contributed by atoms with van der Waals surface area (Å²) in [6, 6.07) is 11.3. The lowest BCUT2D eigenvalue weighted by molar-refractivity contribution is -0.137. The first-order chi connectivity index (χ1) is 22.7. The number of amides is 3. The molecule has 1 saturated heterocycles. The molecule has 1 aliphatic rings. The lowest BCUT2D eigenvalue weighted by Gasteiger charge is -2.26. The largest absolute Gasteiger partial charge is 0.489 e. The fourth-order valence-corrected chi connectivity index (χ4v) is 5.13. The molecule has 1 unspecified atom stereocenters. The zero-order valence-corrected chi connectivity index (χ0v) is 24.8. The normalized spacial score (nSPS) is 14.6. The molecule has 4 N–H and O–H groups in total. The number of halogens is 3. The van der Waals surface area contributed by atoms with Crippen LogP contribution in [0.2, 0.25) is 0 Å². The number of urea groups is 1. The number of pyridine rings is 1. The molecule has 1 aliphatic heterocycles. The van der Waals surface area contributed by atoms with E-state index in [1.165, 1.54) is 38.0 Å². The monoisotopic (exact) mass is 647 g/mol. The maximum absolute atomic E-state index is 13.6. The van der Waals surface area contributed by atoms with E-state index >= 15 is 0 Å². The number of carbonyl (C=O) groups excluding carboxylic acids is 2. The number of aromatic nitrogens is 5. The van der Waals surface area contributed by atoms with Gasteiger partial charge < -0.3 is 35.3 Å². The second-order valence-electron chi connectivity index (χ2n) is 10.5. The van der Waals surface area contributed by atoms with Gasteiger partial charge in [-0.25, -0.2) is 19.7 Å². The number of benzene rings is 2. The van der Waals surface area contributed by atoms with Crippen LogP contribution in [0.1, 0.15) is 28.9 Å². The molecular formula is C31H28F3N9O4. The van der Waals surface area contributed by atoms with Gasteiger partial charge >= 0.3 is 12.2 Å². The van der Waals surface area contributed by atoms with Crippen molar-refractivity contribution in [1.82, 2.24) is 30.2 Å². The molecule has 3 aromatic heterocycles. The number of carbonyl (C=O) groups is 2. The summed E-state index contributed by atoms with van der Waals surface area (Å²) in [7, 11) is 1.49. The Hall–Kier alpha value is -5.93. The van der Waals surface area contributed by atoms with E-state index in [4.69, 9.17) is 9.47 Å². The van der Waals surface area contributed by atoms with E-state index in [2.05, 4.69) is 45.8 Å². The maximum Gasteiger partial charge on any atom is 0.416 e. The summed E-state index contributed by atoms with van der Waals surface area (Å²) in [5, 5.41) is 7.58. The van der Waals surface area contributed by atoms with E-state index in [0.29, 0.717) is 40.7 Å². The number of nitrogens with zero attached hydrogens (tertiary/aromatic N) is 5. The highest BCUT2D eigenvalue weighted by atomic mass is 19.4. The molecule has 0 spiro atoms. The SMILES string of the molecule is CNC(=O)c1cc(Oc2ccc(NC(=O)Nc3cc(C(F)(F)F)ccc3OCC3CCCN3c3ncnc4nc[nH]c34)cc2)ccn1. The number of nitrogens with one attached hydrogen (secondary N) is 4. The molecule has 1 atom stereocenters. The van der Waals surface area contributed by atoms with Crippen LogP contribution >= 0.6 is 0 Å². The highest BCUT2D eigenvalue weighted by Gasteiger charge is 2.32. The first kappa shape index (κ1) is 31.1. The van der Waals surface area contributed by atoms with Crippen molar-refractivity contribution in [3.8, 4) is 17.2 Å². The molecule has 242 valence electrons. The predicted octanol–water partition coefficient (Wildman–Crippen LogP) is 5.61. The zero-order valence-electron chi connectivity index (χ0n) is 24.8. The van der Waals surface area contributed by atoms with E-state index in [1.807, 2.05) is 0 Å². The number of anilines is 3. The molecule has 0 radical (unpaired) electrons. The fraction of sp³-hybridized carbons (Fsp3) is 0.226. The van der Waals surface area contributed by atoms with Crippen LogP contribution < -0.4 is 30.3 Å². The Labute approximate surface area is 265 Å². The van der Waals surface area contributed by atoms with Gasteiger partial charge in [0.1, 0.15) is 41.4 Å². The van der Waals surface area contributed by atoms with Crippen LogP contribution in [0.3, 0.4) is 0 Å². The number of aromatic amines is 1. The van der Waals surface area contributed by atoms with Crippen LogP contribution in [0.25, 0.3) is 11.2 Å². The molecule has 3 amide bonds. The van der Waals surface area contributed by atoms with Crippen molar-refractivity contribution in [1.29, 1.82) is 0 Å². The Balaban J connectivity index is 1.13. The molecule has 0 aliphatic carbocycles. The van der Waals surface area contributed by atoms with Crippen LogP contribution in [0.15, 0.2) is 73.4 Å². The minimum absolute atomic E-state index is 0.0756. The van der Waals surface area contributed by atoms with Crippen molar-refractivity contribution in [2.24, 2.45) is 0 Å². The lowest BCUT2D eigenvalue weighted by Crippen LogP contribution is -2.35. The topological polar surface area (TPSA) is 159 Å². The third-order valence-corrected chi connectivity index (χ3v) is 7.38. The van der Waals surface area contributed by atoms with Gasteiger partial charge in [0.05, 0.1) is 23.6 Å². The Morgan fingerprint density at radius 2 is 1.83 bits per heavy atom. The molecule has 6 rings (SSSR count). The molecule has 47 heavy (non-hydrogen) atoms. The van der Waals surface area contributed by atoms with Gasteiger partial charge in [0.2, 0.25) is 0 Å². The van der Waals surface area contributed by atoms with Crippen molar-refractivity contribution in [2.75, 3.05) is 35.7 Å². The summed E-state index contributed by atoms with van der Waals surface area (Å²) >= 11 is 0. The van der Waals surface area contributed by atoms with Crippen molar-refractivity contribution in [3.63, 3.8) is 0 Å². The van der Waals surface area contributed by atoms with Crippen molar-refractivity contribution >= 4 is 40.3 Å². The average molecular weight is 648 g/mol. The number of rotatable bonds is 9. The van der Waals surface area contributed by atoms with Crippen molar-refractivity contribution in [2.45, 2.75) is 25.1 Å². The summed E-state index contributed by atoms with van der Waals surface area (Å²) in [6.07, 6.45) is 1.38. The number of ether oxygens (including phenoxy) is 2. The first-order valence-corrected chi connectivity index (χ1v) is 14.5. The summed E-state index contributed by atoms with van der Waals surface area (Å²) < 4.78 is 52.6. The van der Waals surface area contributed by atoms with Gasteiger partial charge in [-0.3, -0.25) is 9.78 Å². The number of H-pyrrole nitrogens is 1. The standard InChI is InChI=1S/C31H28F3N9O4/c1-35-29(44)24-14-22(10-11-36-24)47-21-7-5-19(6-8-21)41-30(45)42-23-13-18(31(32,33)34)4-9-25(23)46-15-20-3-2-12-43(20)28-26-27(38-16-37-26)39-17-40-28/h4-11,13-14,16-17,20H,2-3,12,15H2,1H3,(H,35,44)(H2,41,42,45)(H,37,38,39,40). The second kappa shape index (κ2) is 13.2. The van der Waals surface area contributed by atoms with Crippen LogP contribution in [-0.4, -0.2) is 63.1 Å². The van der Waals surface area contributed by atoms with Gasteiger partial charge in [-0.15, -0.1) is 0 Å². The molecule has 16 heteroatoms. The number of hydrogen-bond donors (Lipinski definition) is 4. The van der Waals surface area contributed by atoms with Crippen LogP contribution in [-0.2, 0) is 6.18 Å². The molecule has 13 nitrogen and oxygen atoms in total. The van der Waals surface area contributed by atoms with Crippen LogP contribution in [0.5, 0.6) is 17.2 Å². The third-order valence-electron chi connectivity index (χ3n) is 7.38. The third kappa shape index (κ3) is 7.16. The smallest absolute Gasteiger partial charge is 0.416 e. The molecule has 0 bridgehead atoms. The van der Waals surface area contributed by atoms with E-state index in [-0.39, 0.29) is 35.7 Å². The van der Waals surface area contributed by atoms with E-state index in [0.717, 1.165) is 25.0 Å². The van der Waals surface area contributed by atoms with Gasteiger partial charge in [-0.05, 0) is 61.4 Å². The molecular weight excluding hydrogens is 619 g/mol. The summed E-state index contributed by atoms with van der Waals surface area (Å²) in [5.41, 5.74) is 0.641. The highest BCUT2D eigenvalue weighted by molar-refractivity contribution is 6.00. The minimum Gasteiger partial charge on any atom is -0.489 e.